The van der Waals surface area contributed by atoms with Crippen LogP contribution >= 0.6 is 11.3 Å². The molecule has 1 aromatic heterocycles. The van der Waals surface area contributed by atoms with Crippen LogP contribution in [0.3, 0.4) is 0 Å². The summed E-state index contributed by atoms with van der Waals surface area (Å²) in [5.74, 6) is 0.538. The van der Waals surface area contributed by atoms with E-state index in [2.05, 4.69) is 10.3 Å². The number of thiazole rings is 1. The summed E-state index contributed by atoms with van der Waals surface area (Å²) in [5, 5.41) is 14.9. The smallest absolute Gasteiger partial charge is 0.270 e. The predicted octanol–water partition coefficient (Wildman–Crippen LogP) is 2.57. The Morgan fingerprint density at radius 3 is 2.82 bits per heavy atom. The fourth-order valence-electron chi connectivity index (χ4n) is 1.85. The van der Waals surface area contributed by atoms with E-state index < -0.39 is 6.10 Å². The standard InChI is InChI=1S/C16H20N2O3S/c1-10(2)13(19)8-17-15(20)12-9-22-16(18-12)11-6-4-5-7-14(11)21-3/h4-7,9-10,13,19H,8H2,1-3H3,(H,17,20). The van der Waals surface area contributed by atoms with Crippen LogP contribution in [0.2, 0.25) is 0 Å². The molecule has 1 heterocycles. The predicted molar refractivity (Wildman–Crippen MR) is 87.3 cm³/mol. The quantitative estimate of drug-likeness (QED) is 0.858. The molecule has 0 saturated heterocycles. The number of para-hydroxylation sites is 1. The molecule has 0 aliphatic carbocycles. The molecule has 1 aromatic carbocycles. The molecule has 5 nitrogen and oxygen atoms in total. The lowest BCUT2D eigenvalue weighted by Crippen LogP contribution is -2.34. The highest BCUT2D eigenvalue weighted by molar-refractivity contribution is 7.13. The number of nitrogens with zero attached hydrogens (tertiary/aromatic N) is 1. The number of nitrogens with one attached hydrogen (secondary N) is 1. The summed E-state index contributed by atoms with van der Waals surface area (Å²) in [6.45, 7) is 4.02. The normalized spacial score (nSPS) is 12.2. The van der Waals surface area contributed by atoms with Gasteiger partial charge in [-0.2, -0.15) is 0 Å². The minimum atomic E-state index is -0.559. The van der Waals surface area contributed by atoms with Crippen LogP contribution < -0.4 is 10.1 Å². The van der Waals surface area contributed by atoms with Gasteiger partial charge in [-0.1, -0.05) is 26.0 Å². The van der Waals surface area contributed by atoms with Crippen LogP contribution in [0.4, 0.5) is 0 Å². The first-order chi connectivity index (χ1) is 10.5. The van der Waals surface area contributed by atoms with E-state index in [4.69, 9.17) is 4.74 Å². The zero-order valence-corrected chi connectivity index (χ0v) is 13.7. The molecule has 1 atom stereocenters. The van der Waals surface area contributed by atoms with Crippen LogP contribution in [0.25, 0.3) is 10.6 Å². The highest BCUT2D eigenvalue weighted by Gasteiger charge is 2.16. The van der Waals surface area contributed by atoms with Gasteiger partial charge in [-0.05, 0) is 18.1 Å². The maximum Gasteiger partial charge on any atom is 0.270 e. The Hall–Kier alpha value is -1.92. The number of benzene rings is 1. The molecule has 0 bridgehead atoms. The van der Waals surface area contributed by atoms with Crippen LogP contribution in [0.15, 0.2) is 29.6 Å². The maximum atomic E-state index is 12.1. The van der Waals surface area contributed by atoms with Gasteiger partial charge in [0.15, 0.2) is 0 Å². The molecule has 2 N–H and O–H groups in total. The van der Waals surface area contributed by atoms with Crippen LogP contribution in [0.5, 0.6) is 5.75 Å². The van der Waals surface area contributed by atoms with Gasteiger partial charge in [-0.3, -0.25) is 4.79 Å². The molecule has 0 fully saturated rings. The number of hydrogen-bond donors (Lipinski definition) is 2. The fraction of sp³-hybridized carbons (Fsp3) is 0.375. The summed E-state index contributed by atoms with van der Waals surface area (Å²) < 4.78 is 5.31. The number of aromatic nitrogens is 1. The summed E-state index contributed by atoms with van der Waals surface area (Å²) in [6.07, 6.45) is -0.559. The molecule has 0 radical (unpaired) electrons. The average molecular weight is 320 g/mol. The van der Waals surface area contributed by atoms with Crippen LogP contribution in [-0.2, 0) is 0 Å². The third-order valence-corrected chi connectivity index (χ3v) is 4.19. The average Bonchev–Trinajstić information content (AvgIpc) is 3.01. The van der Waals surface area contributed by atoms with Gasteiger partial charge < -0.3 is 15.2 Å². The first-order valence-corrected chi connectivity index (χ1v) is 7.96. The van der Waals surface area contributed by atoms with E-state index in [0.717, 1.165) is 16.3 Å². The van der Waals surface area contributed by atoms with Gasteiger partial charge >= 0.3 is 0 Å². The van der Waals surface area contributed by atoms with Crippen molar-refractivity contribution in [2.45, 2.75) is 20.0 Å². The number of aliphatic hydroxyl groups is 1. The minimum Gasteiger partial charge on any atom is -0.496 e. The van der Waals surface area contributed by atoms with Crippen molar-refractivity contribution in [1.82, 2.24) is 10.3 Å². The number of carbonyl (C=O) groups excluding carboxylic acids is 1. The Bertz CT molecular complexity index is 640. The van der Waals surface area contributed by atoms with E-state index in [1.165, 1.54) is 11.3 Å². The summed E-state index contributed by atoms with van der Waals surface area (Å²) >= 11 is 1.39. The summed E-state index contributed by atoms with van der Waals surface area (Å²) in [5.41, 5.74) is 1.21. The van der Waals surface area contributed by atoms with Crippen molar-refractivity contribution in [3.63, 3.8) is 0 Å². The zero-order chi connectivity index (χ0) is 16.1. The van der Waals surface area contributed by atoms with Crippen LogP contribution in [-0.4, -0.2) is 35.8 Å². The summed E-state index contributed by atoms with van der Waals surface area (Å²) in [4.78, 5) is 16.4. The lowest BCUT2D eigenvalue weighted by molar-refractivity contribution is 0.0868. The lowest BCUT2D eigenvalue weighted by Gasteiger charge is -2.14. The molecule has 1 unspecified atom stereocenters. The number of hydrogen-bond acceptors (Lipinski definition) is 5. The maximum absolute atomic E-state index is 12.1. The molecular formula is C16H20N2O3S. The molecule has 0 aliphatic rings. The second kappa shape index (κ2) is 7.38. The summed E-state index contributed by atoms with van der Waals surface area (Å²) in [6, 6.07) is 7.55. The van der Waals surface area contributed by atoms with Crippen LogP contribution in [0.1, 0.15) is 24.3 Å². The second-order valence-electron chi connectivity index (χ2n) is 5.26. The molecule has 6 heteroatoms. The van der Waals surface area contributed by atoms with E-state index in [9.17, 15) is 9.90 Å². The van der Waals surface area contributed by atoms with E-state index in [-0.39, 0.29) is 18.4 Å². The van der Waals surface area contributed by atoms with Crippen molar-refractivity contribution >= 4 is 17.2 Å². The van der Waals surface area contributed by atoms with Crippen molar-refractivity contribution < 1.29 is 14.6 Å². The first-order valence-electron chi connectivity index (χ1n) is 7.08. The zero-order valence-electron chi connectivity index (χ0n) is 12.9. The molecule has 2 rings (SSSR count). The van der Waals surface area contributed by atoms with Gasteiger partial charge in [0.25, 0.3) is 5.91 Å². The Kier molecular flexibility index (Phi) is 5.51. The number of amides is 1. The highest BCUT2D eigenvalue weighted by Crippen LogP contribution is 2.31. The molecular weight excluding hydrogens is 300 g/mol. The van der Waals surface area contributed by atoms with Crippen molar-refractivity contribution in [2.75, 3.05) is 13.7 Å². The van der Waals surface area contributed by atoms with Crippen LogP contribution in [0, 0.1) is 5.92 Å². The van der Waals surface area contributed by atoms with Gasteiger partial charge in [0.1, 0.15) is 16.5 Å². The number of ether oxygens (including phenoxy) is 1. The van der Waals surface area contributed by atoms with Gasteiger partial charge in [0.2, 0.25) is 0 Å². The van der Waals surface area contributed by atoms with Gasteiger partial charge in [-0.25, -0.2) is 4.98 Å². The second-order valence-corrected chi connectivity index (χ2v) is 6.12. The Labute approximate surface area is 134 Å². The molecule has 0 aliphatic heterocycles. The SMILES string of the molecule is COc1ccccc1-c1nc(C(=O)NCC(O)C(C)C)cs1. The largest absolute Gasteiger partial charge is 0.496 e. The topological polar surface area (TPSA) is 71.5 Å². The fourth-order valence-corrected chi connectivity index (χ4v) is 2.68. The molecule has 1 amide bonds. The van der Waals surface area contributed by atoms with Gasteiger partial charge in [0.05, 0.1) is 18.8 Å². The number of carbonyl (C=O) groups is 1. The molecule has 0 saturated carbocycles. The lowest BCUT2D eigenvalue weighted by atomic mass is 10.1. The van der Waals surface area contributed by atoms with E-state index >= 15 is 0 Å². The third-order valence-electron chi connectivity index (χ3n) is 3.32. The monoisotopic (exact) mass is 320 g/mol. The van der Waals surface area contributed by atoms with Gasteiger partial charge in [0, 0.05) is 11.9 Å². The van der Waals surface area contributed by atoms with E-state index in [0.29, 0.717) is 5.69 Å². The molecule has 22 heavy (non-hydrogen) atoms. The molecule has 118 valence electrons. The molecule has 0 spiro atoms. The number of methoxy groups -OCH3 is 1. The number of aliphatic hydroxyl groups excluding tert-OH is 1. The van der Waals surface area contributed by atoms with Gasteiger partial charge in [-0.15, -0.1) is 11.3 Å². The minimum absolute atomic E-state index is 0.0971. The Morgan fingerprint density at radius 2 is 2.14 bits per heavy atom. The van der Waals surface area contributed by atoms with Crippen molar-refractivity contribution in [3.05, 3.63) is 35.3 Å². The van der Waals surface area contributed by atoms with Crippen molar-refractivity contribution in [1.29, 1.82) is 0 Å². The third kappa shape index (κ3) is 3.84. The first kappa shape index (κ1) is 16.5. The highest BCUT2D eigenvalue weighted by atomic mass is 32.1. The van der Waals surface area contributed by atoms with Crippen molar-refractivity contribution in [3.8, 4) is 16.3 Å². The Morgan fingerprint density at radius 1 is 1.41 bits per heavy atom. The molecule has 2 aromatic rings. The van der Waals surface area contributed by atoms with Crippen molar-refractivity contribution in [2.24, 2.45) is 5.92 Å². The Balaban J connectivity index is 2.09. The van der Waals surface area contributed by atoms with E-state index in [1.54, 1.807) is 12.5 Å². The summed E-state index contributed by atoms with van der Waals surface area (Å²) in [7, 11) is 1.60. The van der Waals surface area contributed by atoms with E-state index in [1.807, 2.05) is 38.1 Å². The number of rotatable bonds is 6.